The summed E-state index contributed by atoms with van der Waals surface area (Å²) in [6.07, 6.45) is 5.02. The summed E-state index contributed by atoms with van der Waals surface area (Å²) in [5.41, 5.74) is 3.55. The summed E-state index contributed by atoms with van der Waals surface area (Å²) in [5.74, 6) is 4.64. The van der Waals surface area contributed by atoms with Gasteiger partial charge in [0, 0.05) is 31.6 Å². The van der Waals surface area contributed by atoms with Gasteiger partial charge in [0.05, 0.1) is 22.5 Å². The van der Waals surface area contributed by atoms with Crippen molar-refractivity contribution in [1.82, 2.24) is 25.0 Å². The molecule has 0 fully saturated rings. The lowest BCUT2D eigenvalue weighted by atomic mass is 10.1. The van der Waals surface area contributed by atoms with Gasteiger partial charge in [-0.05, 0) is 47.5 Å². The number of benzene rings is 2. The van der Waals surface area contributed by atoms with Gasteiger partial charge in [-0.15, -0.1) is 0 Å². The number of aryl methyl sites for hydroxylation is 1. The zero-order chi connectivity index (χ0) is 23.7. The van der Waals surface area contributed by atoms with E-state index in [4.69, 9.17) is 17.4 Å². The molecule has 33 heavy (non-hydrogen) atoms. The highest BCUT2D eigenvalue weighted by atomic mass is 35.5. The van der Waals surface area contributed by atoms with Gasteiger partial charge in [0.15, 0.2) is 0 Å². The third-order valence-electron chi connectivity index (χ3n) is 5.22. The molecule has 3 aromatic rings. The molecule has 0 saturated heterocycles. The minimum absolute atomic E-state index is 0.0953. The quantitative estimate of drug-likeness (QED) is 0.485. The SMILES string of the molecule is Cn1c(=O)n(Cc2ccc(F)c(Cl)c2)c(=O)c2cc(C(=O)NCC3=CN(N)NC=C3)ccc21. The third kappa shape index (κ3) is 4.52. The number of hydrogen-bond acceptors (Lipinski definition) is 6. The highest BCUT2D eigenvalue weighted by Gasteiger charge is 2.15. The summed E-state index contributed by atoms with van der Waals surface area (Å²) in [7, 11) is 1.53. The first-order chi connectivity index (χ1) is 15.7. The van der Waals surface area contributed by atoms with Gasteiger partial charge in [-0.1, -0.05) is 17.7 Å². The number of rotatable bonds is 5. The summed E-state index contributed by atoms with van der Waals surface area (Å²) in [4.78, 5) is 38.6. The number of carbonyl (C=O) groups is 1. The van der Waals surface area contributed by atoms with Crippen LogP contribution in [0.2, 0.25) is 5.02 Å². The van der Waals surface area contributed by atoms with E-state index in [-0.39, 0.29) is 29.1 Å². The zero-order valence-corrected chi connectivity index (χ0v) is 18.3. The molecule has 170 valence electrons. The lowest BCUT2D eigenvalue weighted by molar-refractivity contribution is 0.0957. The van der Waals surface area contributed by atoms with E-state index in [0.29, 0.717) is 11.1 Å². The molecule has 9 nitrogen and oxygen atoms in total. The molecular weight excluding hydrogens is 451 g/mol. The van der Waals surface area contributed by atoms with Gasteiger partial charge in [0.25, 0.3) is 11.5 Å². The van der Waals surface area contributed by atoms with Crippen LogP contribution in [0.5, 0.6) is 0 Å². The molecule has 0 saturated carbocycles. The number of nitrogens with zero attached hydrogens (tertiary/aromatic N) is 3. The molecule has 2 heterocycles. The van der Waals surface area contributed by atoms with Crippen LogP contribution in [0.15, 0.2) is 70.0 Å². The van der Waals surface area contributed by atoms with Crippen LogP contribution in [-0.2, 0) is 13.6 Å². The second-order valence-corrected chi connectivity index (χ2v) is 7.88. The normalized spacial score (nSPS) is 13.1. The van der Waals surface area contributed by atoms with Crippen LogP contribution in [0.3, 0.4) is 0 Å². The van der Waals surface area contributed by atoms with E-state index >= 15 is 0 Å². The molecule has 0 unspecified atom stereocenters. The maximum Gasteiger partial charge on any atom is 0.331 e. The molecule has 0 radical (unpaired) electrons. The average molecular weight is 471 g/mol. The van der Waals surface area contributed by atoms with E-state index in [1.54, 1.807) is 30.6 Å². The Labute approximate surface area is 192 Å². The molecule has 4 rings (SSSR count). The predicted molar refractivity (Wildman–Crippen MR) is 123 cm³/mol. The van der Waals surface area contributed by atoms with Crippen molar-refractivity contribution in [2.75, 3.05) is 6.54 Å². The van der Waals surface area contributed by atoms with Crippen LogP contribution in [-0.4, -0.2) is 26.7 Å². The first-order valence-electron chi connectivity index (χ1n) is 9.87. The largest absolute Gasteiger partial charge is 0.348 e. The summed E-state index contributed by atoms with van der Waals surface area (Å²) in [6.45, 7) is 0.133. The van der Waals surface area contributed by atoms with Crippen LogP contribution in [0, 0.1) is 5.82 Å². The van der Waals surface area contributed by atoms with Crippen LogP contribution < -0.4 is 27.8 Å². The Morgan fingerprint density at radius 1 is 1.21 bits per heavy atom. The van der Waals surface area contributed by atoms with Crippen molar-refractivity contribution < 1.29 is 9.18 Å². The molecule has 0 atom stereocenters. The van der Waals surface area contributed by atoms with Crippen LogP contribution >= 0.6 is 11.6 Å². The van der Waals surface area contributed by atoms with Crippen LogP contribution in [0.1, 0.15) is 15.9 Å². The molecule has 2 aromatic carbocycles. The van der Waals surface area contributed by atoms with Gasteiger partial charge >= 0.3 is 5.69 Å². The highest BCUT2D eigenvalue weighted by Crippen LogP contribution is 2.17. The van der Waals surface area contributed by atoms with Crippen molar-refractivity contribution in [3.8, 4) is 0 Å². The van der Waals surface area contributed by atoms with Crippen molar-refractivity contribution in [3.05, 3.63) is 103 Å². The molecule has 0 bridgehead atoms. The first kappa shape index (κ1) is 22.3. The maximum atomic E-state index is 13.5. The van der Waals surface area contributed by atoms with Gasteiger partial charge in [-0.3, -0.25) is 24.1 Å². The first-order valence-corrected chi connectivity index (χ1v) is 10.3. The van der Waals surface area contributed by atoms with Crippen molar-refractivity contribution in [1.29, 1.82) is 0 Å². The summed E-state index contributed by atoms with van der Waals surface area (Å²) in [6, 6.07) is 8.53. The van der Waals surface area contributed by atoms with E-state index in [9.17, 15) is 18.8 Å². The average Bonchev–Trinajstić information content (AvgIpc) is 2.80. The third-order valence-corrected chi connectivity index (χ3v) is 5.51. The Hall–Kier alpha value is -3.89. The molecular formula is C22H20ClFN6O3. The Morgan fingerprint density at radius 2 is 2.00 bits per heavy atom. The maximum absolute atomic E-state index is 13.5. The van der Waals surface area contributed by atoms with E-state index < -0.39 is 23.0 Å². The summed E-state index contributed by atoms with van der Waals surface area (Å²) >= 11 is 5.82. The number of carbonyl (C=O) groups excluding carboxylic acids is 1. The van der Waals surface area contributed by atoms with Crippen LogP contribution in [0.4, 0.5) is 4.39 Å². The van der Waals surface area contributed by atoms with Gasteiger partial charge in [-0.2, -0.15) is 0 Å². The molecule has 1 aliphatic heterocycles. The van der Waals surface area contributed by atoms with Crippen molar-refractivity contribution in [3.63, 3.8) is 0 Å². The Balaban J connectivity index is 1.67. The number of nitrogens with two attached hydrogens (primary N) is 1. The Bertz CT molecular complexity index is 1440. The van der Waals surface area contributed by atoms with E-state index in [1.165, 1.54) is 41.0 Å². The Kier molecular flexibility index (Phi) is 6.03. The molecule has 11 heteroatoms. The van der Waals surface area contributed by atoms with Crippen molar-refractivity contribution in [2.45, 2.75) is 6.54 Å². The Morgan fingerprint density at radius 3 is 2.73 bits per heavy atom. The zero-order valence-electron chi connectivity index (χ0n) is 17.5. The number of hydrogen-bond donors (Lipinski definition) is 3. The number of halogens is 2. The second kappa shape index (κ2) is 8.93. The highest BCUT2D eigenvalue weighted by molar-refractivity contribution is 6.30. The monoisotopic (exact) mass is 470 g/mol. The van der Waals surface area contributed by atoms with Crippen LogP contribution in [0.25, 0.3) is 10.9 Å². The molecule has 1 aromatic heterocycles. The fourth-order valence-electron chi connectivity index (χ4n) is 3.50. The standard InChI is InChI=1S/C22H20ClFN6O3/c1-28-19-5-3-15(20(31)26-10-14-6-7-27-30(25)12-14)9-16(19)21(32)29(22(28)33)11-13-2-4-18(24)17(23)8-13/h2-9,12,27H,10-11,25H2,1H3,(H,26,31). The molecule has 4 N–H and O–H groups in total. The fourth-order valence-corrected chi connectivity index (χ4v) is 3.70. The van der Waals surface area contributed by atoms with E-state index in [2.05, 4.69) is 10.7 Å². The number of nitrogens with one attached hydrogen (secondary N) is 2. The van der Waals surface area contributed by atoms with Gasteiger partial charge in [0.2, 0.25) is 0 Å². The van der Waals surface area contributed by atoms with E-state index in [0.717, 1.165) is 10.1 Å². The summed E-state index contributed by atoms with van der Waals surface area (Å²) in [5, 5.41) is 4.13. The van der Waals surface area contributed by atoms with E-state index in [1.807, 2.05) is 0 Å². The topological polar surface area (TPSA) is 114 Å². The molecule has 0 aliphatic carbocycles. The van der Waals surface area contributed by atoms with Crippen molar-refractivity contribution in [2.24, 2.45) is 12.9 Å². The molecule has 0 spiro atoms. The number of hydrazine groups is 2. The molecule has 1 amide bonds. The molecule has 1 aliphatic rings. The number of fused-ring (bicyclic) bond motifs is 1. The van der Waals surface area contributed by atoms with Crippen molar-refractivity contribution >= 4 is 28.4 Å². The van der Waals surface area contributed by atoms with Gasteiger partial charge < -0.3 is 5.32 Å². The number of aromatic nitrogens is 2. The minimum Gasteiger partial charge on any atom is -0.348 e. The lowest BCUT2D eigenvalue weighted by Crippen LogP contribution is -2.39. The predicted octanol–water partition coefficient (Wildman–Crippen LogP) is 1.36. The number of amides is 1. The van der Waals surface area contributed by atoms with Gasteiger partial charge in [0.1, 0.15) is 5.82 Å². The lowest BCUT2D eigenvalue weighted by Gasteiger charge is -2.19. The fraction of sp³-hybridized carbons (Fsp3) is 0.136. The summed E-state index contributed by atoms with van der Waals surface area (Å²) < 4.78 is 15.8. The minimum atomic E-state index is -0.593. The second-order valence-electron chi connectivity index (χ2n) is 7.47. The van der Waals surface area contributed by atoms with Gasteiger partial charge in [-0.25, -0.2) is 20.1 Å². The smallest absolute Gasteiger partial charge is 0.331 e.